The second-order valence-electron chi connectivity index (χ2n) is 2.36. The highest BCUT2D eigenvalue weighted by Gasteiger charge is 2.10. The lowest BCUT2D eigenvalue weighted by Crippen LogP contribution is -2.11. The van der Waals surface area contributed by atoms with E-state index in [0.29, 0.717) is 0 Å². The zero-order chi connectivity index (χ0) is 9.68. The van der Waals surface area contributed by atoms with Gasteiger partial charge in [-0.2, -0.15) is 0 Å². The normalized spacial score (nSPS) is 8.07. The van der Waals surface area contributed by atoms with E-state index in [1.54, 1.807) is 19.2 Å². The van der Waals surface area contributed by atoms with Gasteiger partial charge in [0.25, 0.3) is 0 Å². The van der Waals surface area contributed by atoms with Crippen LogP contribution in [0.2, 0.25) is 0 Å². The van der Waals surface area contributed by atoms with Crippen LogP contribution in [-0.2, 0) is 9.53 Å². The average Bonchev–Trinajstić information content (AvgIpc) is 2.19. The van der Waals surface area contributed by atoms with Crippen molar-refractivity contribution in [3.05, 3.63) is 30.1 Å². The molecule has 0 fully saturated rings. The standard InChI is InChI=1S/C9H9NO3.2ClH/c1-2-8(11)13-9(12)7-4-3-5-10-6-7;;/h3-6H,2H2,1H3;2*1H. The number of carbonyl (C=O) groups excluding carboxylic acids is 2. The van der Waals surface area contributed by atoms with Crippen molar-refractivity contribution < 1.29 is 14.3 Å². The highest BCUT2D eigenvalue weighted by Crippen LogP contribution is 1.99. The van der Waals surface area contributed by atoms with Gasteiger partial charge in [0.1, 0.15) is 0 Å². The fourth-order valence-corrected chi connectivity index (χ4v) is 0.718. The molecule has 6 heteroatoms. The Labute approximate surface area is 99.9 Å². The number of esters is 2. The molecule has 1 aromatic heterocycles. The summed E-state index contributed by atoms with van der Waals surface area (Å²) in [6, 6.07) is 3.14. The second-order valence-corrected chi connectivity index (χ2v) is 2.36. The predicted molar refractivity (Wildman–Crippen MR) is 59.4 cm³/mol. The van der Waals surface area contributed by atoms with Gasteiger partial charge in [-0.05, 0) is 12.1 Å². The molecule has 4 nitrogen and oxygen atoms in total. The number of hydrogen-bond donors (Lipinski definition) is 0. The third-order valence-electron chi connectivity index (χ3n) is 1.39. The van der Waals surface area contributed by atoms with Crippen LogP contribution in [0.25, 0.3) is 0 Å². The van der Waals surface area contributed by atoms with Crippen LogP contribution in [-0.4, -0.2) is 16.9 Å². The zero-order valence-electron chi connectivity index (χ0n) is 8.00. The molecule has 84 valence electrons. The molecule has 0 aliphatic heterocycles. The Kier molecular flexibility index (Phi) is 8.91. The second kappa shape index (κ2) is 8.20. The minimum absolute atomic E-state index is 0. The van der Waals surface area contributed by atoms with E-state index in [0.717, 1.165) is 0 Å². The Morgan fingerprint density at radius 1 is 1.40 bits per heavy atom. The number of aromatic nitrogens is 1. The molecule has 0 aliphatic carbocycles. The summed E-state index contributed by atoms with van der Waals surface area (Å²) in [5.41, 5.74) is 0.282. The van der Waals surface area contributed by atoms with Crippen molar-refractivity contribution in [2.45, 2.75) is 13.3 Å². The van der Waals surface area contributed by atoms with E-state index in [1.807, 2.05) is 0 Å². The summed E-state index contributed by atoms with van der Waals surface area (Å²) in [6.07, 6.45) is 3.08. The molecular weight excluding hydrogens is 241 g/mol. The van der Waals surface area contributed by atoms with Crippen molar-refractivity contribution >= 4 is 36.8 Å². The summed E-state index contributed by atoms with van der Waals surface area (Å²) < 4.78 is 4.47. The number of halogens is 2. The minimum Gasteiger partial charge on any atom is -0.389 e. The molecule has 0 radical (unpaired) electrons. The smallest absolute Gasteiger partial charge is 0.347 e. The highest BCUT2D eigenvalue weighted by molar-refractivity contribution is 5.96. The molecule has 0 amide bonds. The molecular formula is C9H11Cl2NO3. The van der Waals surface area contributed by atoms with E-state index in [2.05, 4.69) is 9.72 Å². The topological polar surface area (TPSA) is 56.3 Å². The van der Waals surface area contributed by atoms with Crippen molar-refractivity contribution in [1.29, 1.82) is 0 Å². The Bertz CT molecular complexity index is 316. The molecule has 0 saturated carbocycles. The first-order chi connectivity index (χ1) is 6.24. The lowest BCUT2D eigenvalue weighted by Gasteiger charge is -1.99. The van der Waals surface area contributed by atoms with Crippen LogP contribution in [0.5, 0.6) is 0 Å². The van der Waals surface area contributed by atoms with Crippen LogP contribution in [0, 0.1) is 0 Å². The maximum absolute atomic E-state index is 11.1. The van der Waals surface area contributed by atoms with E-state index in [1.165, 1.54) is 12.3 Å². The number of nitrogens with zero attached hydrogens (tertiary/aromatic N) is 1. The Morgan fingerprint density at radius 3 is 2.53 bits per heavy atom. The minimum atomic E-state index is -0.653. The molecule has 1 heterocycles. The maximum Gasteiger partial charge on any atom is 0.347 e. The number of rotatable bonds is 2. The summed E-state index contributed by atoms with van der Waals surface area (Å²) >= 11 is 0. The molecule has 0 aromatic carbocycles. The van der Waals surface area contributed by atoms with Crippen LogP contribution in [0.1, 0.15) is 23.7 Å². The highest BCUT2D eigenvalue weighted by atomic mass is 35.5. The largest absolute Gasteiger partial charge is 0.389 e. The van der Waals surface area contributed by atoms with E-state index < -0.39 is 11.9 Å². The monoisotopic (exact) mass is 251 g/mol. The third kappa shape index (κ3) is 5.34. The quantitative estimate of drug-likeness (QED) is 0.596. The Morgan fingerprint density at radius 2 is 2.07 bits per heavy atom. The van der Waals surface area contributed by atoms with Gasteiger partial charge in [-0.15, -0.1) is 24.8 Å². The van der Waals surface area contributed by atoms with E-state index >= 15 is 0 Å². The third-order valence-corrected chi connectivity index (χ3v) is 1.39. The van der Waals surface area contributed by atoms with Gasteiger partial charge < -0.3 is 4.74 Å². The van der Waals surface area contributed by atoms with Gasteiger partial charge in [0.2, 0.25) is 0 Å². The van der Waals surface area contributed by atoms with Gasteiger partial charge in [0.05, 0.1) is 5.56 Å². The average molecular weight is 252 g/mol. The van der Waals surface area contributed by atoms with Gasteiger partial charge in [-0.25, -0.2) is 4.79 Å². The Hall–Kier alpha value is -1.13. The van der Waals surface area contributed by atoms with Crippen molar-refractivity contribution in [3.63, 3.8) is 0 Å². The van der Waals surface area contributed by atoms with Crippen molar-refractivity contribution in [1.82, 2.24) is 4.98 Å². The molecule has 0 spiro atoms. The number of hydrogen-bond acceptors (Lipinski definition) is 4. The van der Waals surface area contributed by atoms with Gasteiger partial charge >= 0.3 is 11.9 Å². The fourth-order valence-electron chi connectivity index (χ4n) is 0.718. The van der Waals surface area contributed by atoms with Gasteiger partial charge in [0, 0.05) is 18.8 Å². The molecule has 1 aromatic rings. The fraction of sp³-hybridized carbons (Fsp3) is 0.222. The van der Waals surface area contributed by atoms with E-state index in [9.17, 15) is 9.59 Å². The van der Waals surface area contributed by atoms with Crippen LogP contribution in [0.15, 0.2) is 24.5 Å². The van der Waals surface area contributed by atoms with Crippen molar-refractivity contribution in [2.75, 3.05) is 0 Å². The van der Waals surface area contributed by atoms with Crippen LogP contribution in [0.3, 0.4) is 0 Å². The van der Waals surface area contributed by atoms with Gasteiger partial charge in [-0.1, -0.05) is 6.92 Å². The van der Waals surface area contributed by atoms with E-state index in [4.69, 9.17) is 0 Å². The summed E-state index contributed by atoms with van der Waals surface area (Å²) in [5, 5.41) is 0. The molecule has 0 bridgehead atoms. The van der Waals surface area contributed by atoms with Crippen molar-refractivity contribution in [3.8, 4) is 0 Å². The Balaban J connectivity index is 0. The molecule has 1 rings (SSSR count). The summed E-state index contributed by atoms with van der Waals surface area (Å²) in [6.45, 7) is 1.62. The molecule has 15 heavy (non-hydrogen) atoms. The number of pyridine rings is 1. The SMILES string of the molecule is CCC(=O)OC(=O)c1cccnc1.Cl.Cl. The summed E-state index contributed by atoms with van der Waals surface area (Å²) in [5.74, 6) is -1.19. The first-order valence-electron chi connectivity index (χ1n) is 3.89. The molecule has 0 aliphatic rings. The first kappa shape index (κ1) is 16.3. The van der Waals surface area contributed by atoms with Gasteiger partial charge in [-0.3, -0.25) is 9.78 Å². The molecule has 0 unspecified atom stereocenters. The molecule has 0 N–H and O–H groups in total. The number of carbonyl (C=O) groups is 2. The summed E-state index contributed by atoms with van der Waals surface area (Å²) in [7, 11) is 0. The molecule has 0 atom stereocenters. The summed E-state index contributed by atoms with van der Waals surface area (Å²) in [4.78, 5) is 25.6. The lowest BCUT2D eigenvalue weighted by molar-refractivity contribution is -0.137. The maximum atomic E-state index is 11.1. The number of ether oxygens (including phenoxy) is 1. The van der Waals surface area contributed by atoms with Gasteiger partial charge in [0.15, 0.2) is 0 Å². The predicted octanol–water partition coefficient (Wildman–Crippen LogP) is 2.02. The van der Waals surface area contributed by atoms with Crippen molar-refractivity contribution in [2.24, 2.45) is 0 Å². The zero-order valence-corrected chi connectivity index (χ0v) is 9.64. The van der Waals surface area contributed by atoms with Crippen LogP contribution in [0.4, 0.5) is 0 Å². The lowest BCUT2D eigenvalue weighted by atomic mass is 10.3. The van der Waals surface area contributed by atoms with E-state index in [-0.39, 0.29) is 36.8 Å². The molecule has 0 saturated heterocycles. The first-order valence-corrected chi connectivity index (χ1v) is 3.89. The van der Waals surface area contributed by atoms with Crippen LogP contribution < -0.4 is 0 Å². The van der Waals surface area contributed by atoms with Crippen LogP contribution >= 0.6 is 24.8 Å².